The first-order valence-electron chi connectivity index (χ1n) is 9.43. The molecule has 0 saturated heterocycles. The molecule has 0 heteroatoms. The molecule has 1 aliphatic carbocycles. The molecule has 1 saturated carbocycles. The molecule has 3 rings (SSSR count). The van der Waals surface area contributed by atoms with E-state index >= 15 is 0 Å². The number of rotatable bonds is 5. The molecule has 0 aromatic heterocycles. The Bertz CT molecular complexity index is 573. The van der Waals surface area contributed by atoms with Crippen LogP contribution in [-0.4, -0.2) is 0 Å². The highest BCUT2D eigenvalue weighted by molar-refractivity contribution is 5.63. The number of hydrogen-bond donors (Lipinski definition) is 0. The molecule has 0 radical (unpaired) electrons. The minimum absolute atomic E-state index is 0.697. The monoisotopic (exact) mass is 306 g/mol. The molecule has 1 aliphatic rings. The molecule has 1 atom stereocenters. The van der Waals surface area contributed by atoms with Crippen molar-refractivity contribution >= 4 is 0 Å². The highest BCUT2D eigenvalue weighted by Crippen LogP contribution is 2.39. The normalized spacial score (nSPS) is 22.7. The smallest absolute Gasteiger partial charge is 0.0162 e. The van der Waals surface area contributed by atoms with Gasteiger partial charge >= 0.3 is 0 Å². The fourth-order valence-electron chi connectivity index (χ4n) is 4.27. The molecule has 0 nitrogen and oxygen atoms in total. The van der Waals surface area contributed by atoms with Crippen molar-refractivity contribution < 1.29 is 0 Å². The number of benzene rings is 2. The van der Waals surface area contributed by atoms with E-state index in [2.05, 4.69) is 68.4 Å². The summed E-state index contributed by atoms with van der Waals surface area (Å²) >= 11 is 0. The first kappa shape index (κ1) is 16.3. The van der Waals surface area contributed by atoms with Gasteiger partial charge in [0, 0.05) is 0 Å². The third-order valence-corrected chi connectivity index (χ3v) is 5.84. The Labute approximate surface area is 141 Å². The maximum atomic E-state index is 2.43. The molecular formula is C23H30. The predicted octanol–water partition coefficient (Wildman–Crippen LogP) is 7.06. The Hall–Kier alpha value is -1.56. The maximum Gasteiger partial charge on any atom is -0.0162 e. The molecule has 122 valence electrons. The summed E-state index contributed by atoms with van der Waals surface area (Å²) < 4.78 is 0. The third kappa shape index (κ3) is 4.05. The van der Waals surface area contributed by atoms with Gasteiger partial charge in [-0.1, -0.05) is 94.1 Å². The summed E-state index contributed by atoms with van der Waals surface area (Å²) in [6.07, 6.45) is 8.53. The van der Waals surface area contributed by atoms with Gasteiger partial charge in [0.05, 0.1) is 0 Å². The zero-order chi connectivity index (χ0) is 16.1. The molecule has 2 aromatic carbocycles. The van der Waals surface area contributed by atoms with E-state index in [-0.39, 0.29) is 0 Å². The van der Waals surface area contributed by atoms with Gasteiger partial charge in [-0.3, -0.25) is 0 Å². The van der Waals surface area contributed by atoms with E-state index in [1.54, 1.807) is 0 Å². The van der Waals surface area contributed by atoms with Gasteiger partial charge in [-0.15, -0.1) is 0 Å². The molecular weight excluding hydrogens is 276 g/mol. The molecule has 0 aliphatic heterocycles. The zero-order valence-electron chi connectivity index (χ0n) is 14.7. The lowest BCUT2D eigenvalue weighted by Crippen LogP contribution is -2.19. The average molecular weight is 306 g/mol. The molecule has 0 N–H and O–H groups in total. The zero-order valence-corrected chi connectivity index (χ0v) is 14.7. The quantitative estimate of drug-likeness (QED) is 0.554. The first-order valence-corrected chi connectivity index (χ1v) is 9.43. The summed E-state index contributed by atoms with van der Waals surface area (Å²) in [5.74, 6) is 2.58. The van der Waals surface area contributed by atoms with E-state index in [0.717, 1.165) is 11.8 Å². The second-order valence-corrected chi connectivity index (χ2v) is 7.35. The van der Waals surface area contributed by atoms with E-state index in [9.17, 15) is 0 Å². The van der Waals surface area contributed by atoms with Gasteiger partial charge in [0.25, 0.3) is 0 Å². The summed E-state index contributed by atoms with van der Waals surface area (Å²) in [5.41, 5.74) is 4.16. The largest absolute Gasteiger partial charge is 0.0654 e. The Balaban J connectivity index is 1.63. The van der Waals surface area contributed by atoms with Gasteiger partial charge in [-0.2, -0.15) is 0 Å². The molecule has 0 spiro atoms. The van der Waals surface area contributed by atoms with Crippen LogP contribution in [-0.2, 0) is 0 Å². The van der Waals surface area contributed by atoms with E-state index in [1.807, 2.05) is 0 Å². The third-order valence-electron chi connectivity index (χ3n) is 5.84. The van der Waals surface area contributed by atoms with Crippen molar-refractivity contribution in [1.82, 2.24) is 0 Å². The van der Waals surface area contributed by atoms with E-state index in [1.165, 1.54) is 55.2 Å². The van der Waals surface area contributed by atoms with Gasteiger partial charge in [0.15, 0.2) is 0 Å². The highest BCUT2D eigenvalue weighted by atomic mass is 14.3. The van der Waals surface area contributed by atoms with Gasteiger partial charge < -0.3 is 0 Å². The minimum Gasteiger partial charge on any atom is -0.0654 e. The lowest BCUT2D eigenvalue weighted by Gasteiger charge is -2.32. The van der Waals surface area contributed by atoms with Crippen LogP contribution in [0.25, 0.3) is 11.1 Å². The van der Waals surface area contributed by atoms with E-state index < -0.39 is 0 Å². The van der Waals surface area contributed by atoms with E-state index in [4.69, 9.17) is 0 Å². The molecule has 0 bridgehead atoms. The SMILES string of the molecule is CCC[C@H]1CC[C@H](C(C)c2ccc(-c3ccccc3)cc2)CC1. The summed E-state index contributed by atoms with van der Waals surface area (Å²) in [5, 5.41) is 0. The second kappa shape index (κ2) is 7.81. The van der Waals surface area contributed by atoms with E-state index in [0.29, 0.717) is 5.92 Å². The Morgan fingerprint density at radius 2 is 1.43 bits per heavy atom. The molecule has 1 unspecified atom stereocenters. The van der Waals surface area contributed by atoms with Crippen molar-refractivity contribution in [3.63, 3.8) is 0 Å². The fraction of sp³-hybridized carbons (Fsp3) is 0.478. The molecule has 0 amide bonds. The van der Waals surface area contributed by atoms with Crippen LogP contribution in [0.3, 0.4) is 0 Å². The number of hydrogen-bond acceptors (Lipinski definition) is 0. The van der Waals surface area contributed by atoms with Crippen LogP contribution in [0.2, 0.25) is 0 Å². The highest BCUT2D eigenvalue weighted by Gasteiger charge is 2.25. The van der Waals surface area contributed by atoms with Crippen molar-refractivity contribution in [2.45, 2.75) is 58.3 Å². The van der Waals surface area contributed by atoms with Crippen molar-refractivity contribution in [1.29, 1.82) is 0 Å². The van der Waals surface area contributed by atoms with Crippen LogP contribution in [0.5, 0.6) is 0 Å². The lowest BCUT2D eigenvalue weighted by atomic mass is 9.73. The molecule has 0 heterocycles. The van der Waals surface area contributed by atoms with Crippen LogP contribution >= 0.6 is 0 Å². The Morgan fingerprint density at radius 3 is 2.04 bits per heavy atom. The maximum absolute atomic E-state index is 2.43. The van der Waals surface area contributed by atoms with Crippen LogP contribution in [0.15, 0.2) is 54.6 Å². The van der Waals surface area contributed by atoms with Crippen LogP contribution in [0.4, 0.5) is 0 Å². The Kier molecular flexibility index (Phi) is 5.54. The van der Waals surface area contributed by atoms with Crippen LogP contribution in [0, 0.1) is 11.8 Å². The summed E-state index contributed by atoms with van der Waals surface area (Å²) in [6.45, 7) is 4.76. The van der Waals surface area contributed by atoms with Crippen molar-refractivity contribution in [3.8, 4) is 11.1 Å². The molecule has 1 fully saturated rings. The van der Waals surface area contributed by atoms with Crippen molar-refractivity contribution in [2.24, 2.45) is 11.8 Å². The predicted molar refractivity (Wildman–Crippen MR) is 101 cm³/mol. The summed E-state index contributed by atoms with van der Waals surface area (Å²) in [4.78, 5) is 0. The van der Waals surface area contributed by atoms with Crippen LogP contribution in [0.1, 0.15) is 63.9 Å². The van der Waals surface area contributed by atoms with Crippen molar-refractivity contribution in [2.75, 3.05) is 0 Å². The first-order chi connectivity index (χ1) is 11.3. The molecule has 23 heavy (non-hydrogen) atoms. The fourth-order valence-corrected chi connectivity index (χ4v) is 4.27. The lowest BCUT2D eigenvalue weighted by molar-refractivity contribution is 0.239. The topological polar surface area (TPSA) is 0 Å². The summed E-state index contributed by atoms with van der Waals surface area (Å²) in [7, 11) is 0. The Morgan fingerprint density at radius 1 is 0.826 bits per heavy atom. The van der Waals surface area contributed by atoms with Gasteiger partial charge in [-0.25, -0.2) is 0 Å². The van der Waals surface area contributed by atoms with Gasteiger partial charge in [0.2, 0.25) is 0 Å². The second-order valence-electron chi connectivity index (χ2n) is 7.35. The molecule has 2 aromatic rings. The van der Waals surface area contributed by atoms with Crippen molar-refractivity contribution in [3.05, 3.63) is 60.2 Å². The minimum atomic E-state index is 0.697. The summed E-state index contributed by atoms with van der Waals surface area (Å²) in [6, 6.07) is 20.0. The van der Waals surface area contributed by atoms with Gasteiger partial charge in [0.1, 0.15) is 0 Å². The van der Waals surface area contributed by atoms with Gasteiger partial charge in [-0.05, 0) is 47.3 Å². The standard InChI is InChI=1S/C23H30/c1-3-7-19-10-12-20(13-11-19)18(2)21-14-16-23(17-15-21)22-8-5-4-6-9-22/h4-6,8-9,14-20H,3,7,10-13H2,1-2H3/t18?,19-,20-. The average Bonchev–Trinajstić information content (AvgIpc) is 2.63. The van der Waals surface area contributed by atoms with Crippen LogP contribution < -0.4 is 0 Å².